The van der Waals surface area contributed by atoms with Crippen molar-refractivity contribution in [2.45, 2.75) is 38.5 Å². The van der Waals surface area contributed by atoms with Crippen LogP contribution in [0.3, 0.4) is 0 Å². The summed E-state index contributed by atoms with van der Waals surface area (Å²) in [6, 6.07) is -1.72. The molecule has 0 aliphatic rings. The third kappa shape index (κ3) is 5.35. The second-order valence-corrected chi connectivity index (χ2v) is 7.75. The minimum absolute atomic E-state index is 0.0578. The highest BCUT2D eigenvalue weighted by molar-refractivity contribution is 7.92. The van der Waals surface area contributed by atoms with Crippen molar-refractivity contribution in [2.75, 3.05) is 12.3 Å². The van der Waals surface area contributed by atoms with Crippen LogP contribution in [0, 0.1) is 0 Å². The van der Waals surface area contributed by atoms with E-state index in [1.165, 1.54) is 6.92 Å². The average Bonchev–Trinajstić information content (AvgIpc) is 2.14. The molecule has 0 bridgehead atoms. The number of amides is 2. The minimum atomic E-state index is -3.30. The first-order chi connectivity index (χ1) is 7.97. The van der Waals surface area contributed by atoms with Gasteiger partial charge in [-0.05, 0) is 27.7 Å². The van der Waals surface area contributed by atoms with Gasteiger partial charge in [0.1, 0.15) is 6.04 Å². The Morgan fingerprint density at radius 3 is 2.17 bits per heavy atom. The van der Waals surface area contributed by atoms with Crippen LogP contribution in [0.15, 0.2) is 0 Å². The van der Waals surface area contributed by atoms with Crippen molar-refractivity contribution >= 4 is 21.8 Å². The monoisotopic (exact) mass is 280 g/mol. The van der Waals surface area contributed by atoms with Gasteiger partial charge in [-0.25, -0.2) is 13.2 Å². The maximum Gasteiger partial charge on any atom is 0.325 e. The Labute approximate surface area is 107 Å². The lowest BCUT2D eigenvalue weighted by Gasteiger charge is -2.19. The molecule has 1 atom stereocenters. The van der Waals surface area contributed by atoms with E-state index in [0.717, 1.165) is 0 Å². The molecule has 8 heteroatoms. The topological polar surface area (TPSA) is 113 Å². The number of hydrogen-bond acceptors (Lipinski definition) is 4. The number of carboxylic acids is 1. The Morgan fingerprint density at radius 2 is 1.78 bits per heavy atom. The van der Waals surface area contributed by atoms with Gasteiger partial charge in [0.05, 0.1) is 10.5 Å². The summed E-state index contributed by atoms with van der Waals surface area (Å²) < 4.78 is 22.5. The highest BCUT2D eigenvalue weighted by Crippen LogP contribution is 2.15. The molecule has 0 rings (SSSR count). The molecule has 0 radical (unpaired) electrons. The summed E-state index contributed by atoms with van der Waals surface area (Å²) >= 11 is 0. The van der Waals surface area contributed by atoms with Gasteiger partial charge in [0.25, 0.3) is 0 Å². The van der Waals surface area contributed by atoms with Crippen LogP contribution in [-0.2, 0) is 14.6 Å². The maximum atomic E-state index is 11.7. The first-order valence-corrected chi connectivity index (χ1v) is 7.12. The zero-order valence-electron chi connectivity index (χ0n) is 11.0. The number of carboxylic acid groups (broad SMARTS) is 1. The Morgan fingerprint density at radius 1 is 1.28 bits per heavy atom. The molecule has 3 N–H and O–H groups in total. The smallest absolute Gasteiger partial charge is 0.325 e. The van der Waals surface area contributed by atoms with E-state index in [0.29, 0.717) is 0 Å². The molecule has 1 unspecified atom stereocenters. The zero-order valence-corrected chi connectivity index (χ0v) is 11.8. The third-order valence-electron chi connectivity index (χ3n) is 2.31. The molecule has 2 amide bonds. The van der Waals surface area contributed by atoms with E-state index in [1.807, 2.05) is 0 Å². The quantitative estimate of drug-likeness (QED) is 0.654. The summed E-state index contributed by atoms with van der Waals surface area (Å²) in [5.74, 6) is -1.35. The number of carbonyl (C=O) groups is 2. The Hall–Kier alpha value is -1.31. The van der Waals surface area contributed by atoms with Crippen molar-refractivity contribution in [3.8, 4) is 0 Å². The molecule has 0 aromatic heterocycles. The first kappa shape index (κ1) is 16.7. The van der Waals surface area contributed by atoms with E-state index in [4.69, 9.17) is 5.11 Å². The summed E-state index contributed by atoms with van der Waals surface area (Å²) in [5.41, 5.74) is 0. The van der Waals surface area contributed by atoms with Crippen LogP contribution in [0.25, 0.3) is 0 Å². The van der Waals surface area contributed by atoms with Crippen molar-refractivity contribution < 1.29 is 23.1 Å². The van der Waals surface area contributed by atoms with Crippen molar-refractivity contribution in [2.24, 2.45) is 0 Å². The van der Waals surface area contributed by atoms with Gasteiger partial charge < -0.3 is 15.7 Å². The predicted molar refractivity (Wildman–Crippen MR) is 67.2 cm³/mol. The fraction of sp³-hybridized carbons (Fsp3) is 0.800. The van der Waals surface area contributed by atoms with Crippen LogP contribution in [0.4, 0.5) is 4.79 Å². The Balaban J connectivity index is 4.15. The summed E-state index contributed by atoms with van der Waals surface area (Å²) in [6.45, 7) is 5.99. The molecule has 0 aromatic rings. The zero-order chi connectivity index (χ0) is 14.6. The van der Waals surface area contributed by atoms with E-state index in [9.17, 15) is 18.0 Å². The molecular formula is C10H20N2O5S. The normalized spacial score (nSPS) is 13.8. The van der Waals surface area contributed by atoms with Crippen LogP contribution >= 0.6 is 0 Å². The first-order valence-electron chi connectivity index (χ1n) is 5.47. The van der Waals surface area contributed by atoms with E-state index in [-0.39, 0.29) is 12.3 Å². The number of rotatable bonds is 5. The van der Waals surface area contributed by atoms with Crippen molar-refractivity contribution in [1.82, 2.24) is 10.6 Å². The second-order valence-electron chi connectivity index (χ2n) is 4.89. The third-order valence-corrected chi connectivity index (χ3v) is 4.91. The fourth-order valence-corrected chi connectivity index (χ4v) is 1.90. The van der Waals surface area contributed by atoms with Gasteiger partial charge in [-0.2, -0.15) is 0 Å². The molecule has 18 heavy (non-hydrogen) atoms. The summed E-state index contributed by atoms with van der Waals surface area (Å²) in [7, 11) is -3.30. The largest absolute Gasteiger partial charge is 0.480 e. The molecule has 7 nitrogen and oxygen atoms in total. The molecule has 0 saturated heterocycles. The fourth-order valence-electron chi connectivity index (χ4n) is 0.915. The highest BCUT2D eigenvalue weighted by atomic mass is 32.2. The van der Waals surface area contributed by atoms with Gasteiger partial charge in [-0.3, -0.25) is 4.79 Å². The van der Waals surface area contributed by atoms with Crippen molar-refractivity contribution in [1.29, 1.82) is 0 Å². The molecule has 0 saturated carbocycles. The number of sulfone groups is 1. The molecular weight excluding hydrogens is 260 g/mol. The predicted octanol–water partition coefficient (Wildman–Crippen LogP) is -0.0280. The lowest BCUT2D eigenvalue weighted by molar-refractivity contribution is -0.138. The van der Waals surface area contributed by atoms with Crippen LogP contribution < -0.4 is 10.6 Å². The Bertz CT molecular complexity index is 410. The standard InChI is InChI=1S/C10H20N2O5S/c1-7(8(13)14)12-9(15)11-5-6-18(16,17)10(2,3)4/h7H,5-6H2,1-4H3,(H,13,14)(H2,11,12,15). The Kier molecular flexibility index (Phi) is 5.59. The van der Waals surface area contributed by atoms with Gasteiger partial charge in [-0.15, -0.1) is 0 Å². The molecule has 0 aliphatic heterocycles. The number of carbonyl (C=O) groups excluding carboxylic acids is 1. The summed E-state index contributed by atoms with van der Waals surface area (Å²) in [6.07, 6.45) is 0. The van der Waals surface area contributed by atoms with Gasteiger partial charge >= 0.3 is 12.0 Å². The van der Waals surface area contributed by atoms with E-state index >= 15 is 0 Å². The molecule has 0 aromatic carbocycles. The van der Waals surface area contributed by atoms with Crippen LogP contribution in [0.2, 0.25) is 0 Å². The van der Waals surface area contributed by atoms with Crippen LogP contribution in [-0.4, -0.2) is 48.6 Å². The number of urea groups is 1. The molecule has 0 spiro atoms. The van der Waals surface area contributed by atoms with Crippen molar-refractivity contribution in [3.63, 3.8) is 0 Å². The minimum Gasteiger partial charge on any atom is -0.480 e. The lowest BCUT2D eigenvalue weighted by atomic mass is 10.3. The van der Waals surface area contributed by atoms with Crippen LogP contribution in [0.5, 0.6) is 0 Å². The summed E-state index contributed by atoms with van der Waals surface area (Å²) in [4.78, 5) is 21.7. The molecule has 106 valence electrons. The van der Waals surface area contributed by atoms with Gasteiger partial charge in [-0.1, -0.05) is 0 Å². The lowest BCUT2D eigenvalue weighted by Crippen LogP contribution is -2.46. The average molecular weight is 280 g/mol. The van der Waals surface area contributed by atoms with E-state index in [1.54, 1.807) is 20.8 Å². The molecule has 0 aliphatic carbocycles. The van der Waals surface area contributed by atoms with E-state index in [2.05, 4.69) is 10.6 Å². The number of aliphatic carboxylic acids is 1. The molecule has 0 fully saturated rings. The van der Waals surface area contributed by atoms with Crippen molar-refractivity contribution in [3.05, 3.63) is 0 Å². The maximum absolute atomic E-state index is 11.7. The summed E-state index contributed by atoms with van der Waals surface area (Å²) in [5, 5.41) is 13.0. The number of hydrogen-bond donors (Lipinski definition) is 3. The SMILES string of the molecule is CC(NC(=O)NCCS(=O)(=O)C(C)(C)C)C(=O)O. The van der Waals surface area contributed by atoms with Crippen LogP contribution in [0.1, 0.15) is 27.7 Å². The highest BCUT2D eigenvalue weighted by Gasteiger charge is 2.28. The number of nitrogens with one attached hydrogen (secondary N) is 2. The van der Waals surface area contributed by atoms with E-state index < -0.39 is 32.6 Å². The van der Waals surface area contributed by atoms with Gasteiger partial charge in [0, 0.05) is 6.54 Å². The van der Waals surface area contributed by atoms with Gasteiger partial charge in [0.2, 0.25) is 0 Å². The van der Waals surface area contributed by atoms with Gasteiger partial charge in [0.15, 0.2) is 9.84 Å². The second kappa shape index (κ2) is 6.03. The molecule has 0 heterocycles.